The van der Waals surface area contributed by atoms with Gasteiger partial charge in [-0.05, 0) is 30.0 Å². The molecule has 8 heteroatoms. The van der Waals surface area contributed by atoms with Crippen LogP contribution in [0.15, 0.2) is 29.4 Å². The fourth-order valence-electron chi connectivity index (χ4n) is 3.37. The molecule has 146 valence electrons. The molecule has 0 unspecified atom stereocenters. The first kappa shape index (κ1) is 19.7. The molecule has 27 heavy (non-hydrogen) atoms. The Balaban J connectivity index is 1.41. The largest absolute Gasteiger partial charge is 0.351 e. The molecular weight excluding hydrogens is 365 g/mol. The van der Waals surface area contributed by atoms with Crippen molar-refractivity contribution in [2.75, 3.05) is 11.6 Å². The van der Waals surface area contributed by atoms with Gasteiger partial charge in [0.15, 0.2) is 5.82 Å². The van der Waals surface area contributed by atoms with Crippen LogP contribution in [0.3, 0.4) is 0 Å². The molecule has 0 aliphatic heterocycles. The van der Waals surface area contributed by atoms with E-state index in [2.05, 4.69) is 15.5 Å². The van der Waals surface area contributed by atoms with Crippen molar-refractivity contribution in [2.24, 2.45) is 5.92 Å². The third kappa shape index (κ3) is 5.95. The van der Waals surface area contributed by atoms with Crippen molar-refractivity contribution in [3.63, 3.8) is 0 Å². The van der Waals surface area contributed by atoms with E-state index < -0.39 is 0 Å². The van der Waals surface area contributed by atoms with E-state index in [0.29, 0.717) is 11.7 Å². The summed E-state index contributed by atoms with van der Waals surface area (Å²) in [5.74, 6) is 7.42. The zero-order chi connectivity index (χ0) is 19.1. The summed E-state index contributed by atoms with van der Waals surface area (Å²) in [7, 11) is 0. The molecule has 0 saturated heterocycles. The van der Waals surface area contributed by atoms with Crippen LogP contribution in [-0.4, -0.2) is 26.5 Å². The normalized spacial score (nSPS) is 15.0. The van der Waals surface area contributed by atoms with Crippen LogP contribution in [0.25, 0.3) is 0 Å². The Morgan fingerprint density at radius 2 is 1.96 bits per heavy atom. The highest BCUT2D eigenvalue weighted by atomic mass is 32.2. The zero-order valence-corrected chi connectivity index (χ0v) is 16.2. The number of amides is 1. The van der Waals surface area contributed by atoms with Crippen LogP contribution in [0.2, 0.25) is 0 Å². The van der Waals surface area contributed by atoms with Gasteiger partial charge in [-0.15, -0.1) is 10.2 Å². The lowest BCUT2D eigenvalue weighted by Gasteiger charge is -2.20. The maximum absolute atomic E-state index is 12.9. The van der Waals surface area contributed by atoms with Crippen molar-refractivity contribution >= 4 is 17.7 Å². The van der Waals surface area contributed by atoms with E-state index in [4.69, 9.17) is 5.84 Å². The Morgan fingerprint density at radius 3 is 2.70 bits per heavy atom. The molecule has 0 radical (unpaired) electrons. The number of hydrogen-bond acceptors (Lipinski definition) is 5. The number of carbonyl (C=O) groups excluding carboxylic acids is 1. The lowest BCUT2D eigenvalue weighted by molar-refractivity contribution is -0.118. The summed E-state index contributed by atoms with van der Waals surface area (Å²) < 4.78 is 14.4. The molecule has 1 saturated carbocycles. The number of nitrogen functional groups attached to an aromatic ring is 1. The highest BCUT2D eigenvalue weighted by Crippen LogP contribution is 2.27. The lowest BCUT2D eigenvalue weighted by Crippen LogP contribution is -2.25. The molecule has 0 bridgehead atoms. The molecule has 6 nitrogen and oxygen atoms in total. The van der Waals surface area contributed by atoms with E-state index in [9.17, 15) is 9.18 Å². The third-order valence-corrected chi connectivity index (χ3v) is 5.91. The molecular formula is C19H26FN5OS. The maximum atomic E-state index is 12.9. The molecule has 0 atom stereocenters. The lowest BCUT2D eigenvalue weighted by atomic mass is 9.86. The van der Waals surface area contributed by atoms with E-state index in [1.807, 2.05) is 0 Å². The minimum absolute atomic E-state index is 0.129. The summed E-state index contributed by atoms with van der Waals surface area (Å²) in [5, 5.41) is 11.6. The molecule has 1 amide bonds. The number of halogens is 1. The smallest absolute Gasteiger partial charge is 0.230 e. The minimum Gasteiger partial charge on any atom is -0.351 e. The van der Waals surface area contributed by atoms with Gasteiger partial charge in [-0.3, -0.25) is 4.79 Å². The first-order valence-corrected chi connectivity index (χ1v) is 10.4. The molecule has 1 heterocycles. The molecule has 3 rings (SSSR count). The summed E-state index contributed by atoms with van der Waals surface area (Å²) in [6.07, 6.45) is 8.53. The number of hydrogen-bond donors (Lipinski definition) is 2. The number of thioether (sulfide) groups is 1. The van der Waals surface area contributed by atoms with E-state index in [0.717, 1.165) is 30.1 Å². The Bertz CT molecular complexity index is 743. The summed E-state index contributed by atoms with van der Waals surface area (Å²) in [6.45, 7) is 0.363. The molecule has 1 aromatic carbocycles. The molecule has 1 aliphatic rings. The van der Waals surface area contributed by atoms with E-state index in [1.165, 1.54) is 60.7 Å². The number of nitrogens with zero attached hydrogens (tertiary/aromatic N) is 3. The average Bonchev–Trinajstić information content (AvgIpc) is 3.05. The second kappa shape index (κ2) is 9.73. The standard InChI is InChI=1S/C19H26FN5OS/c20-16-9-6-15(7-10-16)12-22-18(26)13-27-19-24-23-17(25(19)21)11-8-14-4-2-1-3-5-14/h6-7,9-10,14H,1-5,8,11-13,21H2,(H,22,26). The van der Waals surface area contributed by atoms with Gasteiger partial charge in [-0.2, -0.15) is 0 Å². The van der Waals surface area contributed by atoms with Gasteiger partial charge in [0.05, 0.1) is 5.75 Å². The molecule has 1 aromatic heterocycles. The summed E-state index contributed by atoms with van der Waals surface area (Å²) >= 11 is 1.27. The number of aromatic nitrogens is 3. The minimum atomic E-state index is -0.290. The van der Waals surface area contributed by atoms with Gasteiger partial charge in [0.25, 0.3) is 0 Å². The van der Waals surface area contributed by atoms with Crippen molar-refractivity contribution in [3.05, 3.63) is 41.5 Å². The number of rotatable bonds is 8. The van der Waals surface area contributed by atoms with Gasteiger partial charge in [-0.25, -0.2) is 9.07 Å². The van der Waals surface area contributed by atoms with Crippen molar-refractivity contribution < 1.29 is 9.18 Å². The number of aryl methyl sites for hydroxylation is 1. The van der Waals surface area contributed by atoms with Crippen LogP contribution >= 0.6 is 11.8 Å². The first-order valence-electron chi connectivity index (χ1n) is 9.45. The van der Waals surface area contributed by atoms with Gasteiger partial charge in [0.1, 0.15) is 5.82 Å². The Morgan fingerprint density at radius 1 is 1.22 bits per heavy atom. The molecule has 0 spiro atoms. The second-order valence-electron chi connectivity index (χ2n) is 7.00. The van der Waals surface area contributed by atoms with E-state index in [-0.39, 0.29) is 17.5 Å². The SMILES string of the molecule is Nn1c(CCC2CCCCC2)nnc1SCC(=O)NCc1ccc(F)cc1. The van der Waals surface area contributed by atoms with Crippen LogP contribution in [0, 0.1) is 11.7 Å². The van der Waals surface area contributed by atoms with Crippen molar-refractivity contribution in [2.45, 2.75) is 56.6 Å². The highest BCUT2D eigenvalue weighted by molar-refractivity contribution is 7.99. The second-order valence-corrected chi connectivity index (χ2v) is 7.95. The number of benzene rings is 1. The van der Waals surface area contributed by atoms with Gasteiger partial charge >= 0.3 is 0 Å². The highest BCUT2D eigenvalue weighted by Gasteiger charge is 2.17. The zero-order valence-electron chi connectivity index (χ0n) is 15.4. The van der Waals surface area contributed by atoms with Crippen LogP contribution < -0.4 is 11.2 Å². The fourth-order valence-corrected chi connectivity index (χ4v) is 4.07. The monoisotopic (exact) mass is 391 g/mol. The Hall–Kier alpha value is -2.09. The molecule has 2 aromatic rings. The maximum Gasteiger partial charge on any atom is 0.230 e. The fraction of sp³-hybridized carbons (Fsp3) is 0.526. The van der Waals surface area contributed by atoms with E-state index >= 15 is 0 Å². The van der Waals surface area contributed by atoms with Crippen LogP contribution in [0.5, 0.6) is 0 Å². The van der Waals surface area contributed by atoms with Crippen LogP contribution in [0.1, 0.15) is 49.9 Å². The Kier molecular flexibility index (Phi) is 7.09. The van der Waals surface area contributed by atoms with Gasteiger partial charge in [-0.1, -0.05) is 56.0 Å². The predicted molar refractivity (Wildman–Crippen MR) is 104 cm³/mol. The average molecular weight is 392 g/mol. The number of nitrogens with two attached hydrogens (primary N) is 1. The summed E-state index contributed by atoms with van der Waals surface area (Å²) in [4.78, 5) is 12.0. The molecule has 1 fully saturated rings. The molecule has 3 N–H and O–H groups in total. The van der Waals surface area contributed by atoms with Gasteiger partial charge < -0.3 is 11.2 Å². The first-order chi connectivity index (χ1) is 13.1. The summed E-state index contributed by atoms with van der Waals surface area (Å²) in [6, 6.07) is 6.06. The van der Waals surface area contributed by atoms with E-state index in [1.54, 1.807) is 12.1 Å². The van der Waals surface area contributed by atoms with Crippen LogP contribution in [-0.2, 0) is 17.8 Å². The number of nitrogens with one attached hydrogen (secondary N) is 1. The van der Waals surface area contributed by atoms with Gasteiger partial charge in [0, 0.05) is 13.0 Å². The Labute approximate surface area is 163 Å². The topological polar surface area (TPSA) is 85.8 Å². The molecule has 1 aliphatic carbocycles. The van der Waals surface area contributed by atoms with Gasteiger partial charge in [0.2, 0.25) is 11.1 Å². The predicted octanol–water partition coefficient (Wildman–Crippen LogP) is 3.05. The van der Waals surface area contributed by atoms with Crippen molar-refractivity contribution in [1.29, 1.82) is 0 Å². The summed E-state index contributed by atoms with van der Waals surface area (Å²) in [5.41, 5.74) is 0.849. The quantitative estimate of drug-likeness (QED) is 0.534. The third-order valence-electron chi connectivity index (χ3n) is 4.97. The van der Waals surface area contributed by atoms with Crippen molar-refractivity contribution in [1.82, 2.24) is 20.2 Å². The van der Waals surface area contributed by atoms with Crippen LogP contribution in [0.4, 0.5) is 4.39 Å². The van der Waals surface area contributed by atoms with Crippen molar-refractivity contribution in [3.8, 4) is 0 Å². The number of carbonyl (C=O) groups is 1.